The van der Waals surface area contributed by atoms with Crippen LogP contribution in [0.4, 0.5) is 11.4 Å². The first-order chi connectivity index (χ1) is 14.1. The van der Waals surface area contributed by atoms with Gasteiger partial charge in [-0.15, -0.1) is 0 Å². The van der Waals surface area contributed by atoms with Gasteiger partial charge in [0.2, 0.25) is 5.91 Å². The van der Waals surface area contributed by atoms with Crippen LogP contribution in [0.5, 0.6) is 0 Å². The number of nitrogens with zero attached hydrogens (tertiary/aromatic N) is 4. The lowest BCUT2D eigenvalue weighted by Gasteiger charge is -2.36. The van der Waals surface area contributed by atoms with E-state index in [4.69, 9.17) is 0 Å². The van der Waals surface area contributed by atoms with Crippen LogP contribution in [-0.4, -0.2) is 51.6 Å². The third-order valence-electron chi connectivity index (χ3n) is 5.10. The van der Waals surface area contributed by atoms with Gasteiger partial charge in [0.05, 0.1) is 11.7 Å². The van der Waals surface area contributed by atoms with Crippen molar-refractivity contribution in [3.8, 4) is 0 Å². The Bertz CT molecular complexity index is 1010. The minimum atomic E-state index is -0.171. The highest BCUT2D eigenvalue weighted by Gasteiger charge is 2.20. The summed E-state index contributed by atoms with van der Waals surface area (Å²) in [5.41, 5.74) is 3.93. The molecule has 0 saturated carbocycles. The highest BCUT2D eigenvalue weighted by molar-refractivity contribution is 7.00. The minimum Gasteiger partial charge on any atom is -0.368 e. The van der Waals surface area contributed by atoms with Gasteiger partial charge in [0, 0.05) is 49.5 Å². The molecule has 2 heterocycles. The molecule has 1 aliphatic heterocycles. The molecule has 2 amide bonds. The van der Waals surface area contributed by atoms with Crippen molar-refractivity contribution in [3.05, 3.63) is 48.0 Å². The molecule has 0 aliphatic carbocycles. The van der Waals surface area contributed by atoms with Gasteiger partial charge in [-0.2, -0.15) is 8.75 Å². The number of carbonyl (C=O) groups excluding carboxylic acids is 2. The summed E-state index contributed by atoms with van der Waals surface area (Å²) in [4.78, 5) is 28.8. The molecule has 0 spiro atoms. The quantitative estimate of drug-likeness (QED) is 0.699. The maximum atomic E-state index is 12.5. The van der Waals surface area contributed by atoms with Gasteiger partial charge < -0.3 is 15.1 Å². The number of hydrogen-bond acceptors (Lipinski definition) is 6. The second kappa shape index (κ2) is 8.57. The largest absolute Gasteiger partial charge is 0.368 e. The molecule has 0 atom stereocenters. The molecule has 3 aromatic rings. The lowest BCUT2D eigenvalue weighted by atomic mass is 10.1. The van der Waals surface area contributed by atoms with Crippen molar-refractivity contribution >= 4 is 46.0 Å². The van der Waals surface area contributed by atoms with E-state index in [0.717, 1.165) is 66.7 Å². The molecule has 0 radical (unpaired) electrons. The predicted octanol–water partition coefficient (Wildman–Crippen LogP) is 3.39. The Labute approximate surface area is 173 Å². The van der Waals surface area contributed by atoms with Crippen LogP contribution in [0.25, 0.3) is 11.0 Å². The topological polar surface area (TPSA) is 78.4 Å². The summed E-state index contributed by atoms with van der Waals surface area (Å²) >= 11 is 1.14. The molecule has 1 fully saturated rings. The van der Waals surface area contributed by atoms with E-state index in [0.29, 0.717) is 12.0 Å². The fourth-order valence-corrected chi connectivity index (χ4v) is 3.99. The average molecular weight is 410 g/mol. The Balaban J connectivity index is 1.35. The van der Waals surface area contributed by atoms with Gasteiger partial charge in [-0.05, 0) is 48.9 Å². The summed E-state index contributed by atoms with van der Waals surface area (Å²) in [7, 11) is 0. The fraction of sp³-hybridized carbons (Fsp3) is 0.333. The molecule has 0 bridgehead atoms. The van der Waals surface area contributed by atoms with Gasteiger partial charge >= 0.3 is 0 Å². The second-order valence-electron chi connectivity index (χ2n) is 7.09. The van der Waals surface area contributed by atoms with E-state index in [9.17, 15) is 9.59 Å². The first-order valence-corrected chi connectivity index (χ1v) is 10.5. The molecule has 0 unspecified atom stereocenters. The number of nitrogens with one attached hydrogen (secondary N) is 1. The minimum absolute atomic E-state index is 0.171. The second-order valence-corrected chi connectivity index (χ2v) is 7.61. The van der Waals surface area contributed by atoms with E-state index in [1.807, 2.05) is 42.2 Å². The number of piperazine rings is 1. The Morgan fingerprint density at radius 2 is 1.72 bits per heavy atom. The number of hydrogen-bond donors (Lipinski definition) is 1. The van der Waals surface area contributed by atoms with Crippen LogP contribution < -0.4 is 10.2 Å². The number of benzene rings is 2. The molecule has 1 saturated heterocycles. The molecule has 2 aromatic carbocycles. The van der Waals surface area contributed by atoms with Crippen LogP contribution in [-0.2, 0) is 4.79 Å². The number of carbonyl (C=O) groups is 2. The summed E-state index contributed by atoms with van der Waals surface area (Å²) in [6.07, 6.45) is 1.51. The average Bonchev–Trinajstić information content (AvgIpc) is 3.22. The molecule has 4 rings (SSSR count). The Hall–Kier alpha value is -3.00. The lowest BCUT2D eigenvalue weighted by Crippen LogP contribution is -2.48. The highest BCUT2D eigenvalue weighted by atomic mass is 32.1. The van der Waals surface area contributed by atoms with E-state index in [1.54, 1.807) is 12.1 Å². The van der Waals surface area contributed by atoms with Crippen molar-refractivity contribution in [1.82, 2.24) is 13.6 Å². The Morgan fingerprint density at radius 3 is 2.45 bits per heavy atom. The molecule has 7 nitrogen and oxygen atoms in total. The molecule has 1 N–H and O–H groups in total. The summed E-state index contributed by atoms with van der Waals surface area (Å²) in [6.45, 7) is 5.19. The lowest BCUT2D eigenvalue weighted by molar-refractivity contribution is -0.131. The monoisotopic (exact) mass is 409 g/mol. The Morgan fingerprint density at radius 1 is 1.00 bits per heavy atom. The van der Waals surface area contributed by atoms with Gasteiger partial charge in [-0.3, -0.25) is 9.59 Å². The maximum absolute atomic E-state index is 12.5. The van der Waals surface area contributed by atoms with Crippen molar-refractivity contribution < 1.29 is 9.59 Å². The van der Waals surface area contributed by atoms with Crippen molar-refractivity contribution in [2.45, 2.75) is 19.8 Å². The number of fused-ring (bicyclic) bond motifs is 1. The smallest absolute Gasteiger partial charge is 0.255 e. The van der Waals surface area contributed by atoms with Gasteiger partial charge in [-0.25, -0.2) is 0 Å². The highest BCUT2D eigenvalue weighted by Crippen LogP contribution is 2.21. The molecule has 29 heavy (non-hydrogen) atoms. The van der Waals surface area contributed by atoms with Gasteiger partial charge in [0.1, 0.15) is 11.0 Å². The third kappa shape index (κ3) is 4.37. The van der Waals surface area contributed by atoms with E-state index in [1.165, 1.54) is 0 Å². The van der Waals surface area contributed by atoms with Crippen LogP contribution in [0.1, 0.15) is 30.1 Å². The van der Waals surface area contributed by atoms with E-state index in [-0.39, 0.29) is 11.8 Å². The molecule has 8 heteroatoms. The maximum Gasteiger partial charge on any atom is 0.255 e. The van der Waals surface area contributed by atoms with E-state index in [2.05, 4.69) is 19.0 Å². The zero-order chi connectivity index (χ0) is 20.2. The molecule has 150 valence electrons. The normalized spacial score (nSPS) is 14.2. The van der Waals surface area contributed by atoms with Crippen molar-refractivity contribution in [3.63, 3.8) is 0 Å². The molecule has 1 aromatic heterocycles. The first kappa shape index (κ1) is 19.3. The van der Waals surface area contributed by atoms with Crippen molar-refractivity contribution in [2.24, 2.45) is 0 Å². The summed E-state index contributed by atoms with van der Waals surface area (Å²) in [6, 6.07) is 13.1. The van der Waals surface area contributed by atoms with Crippen LogP contribution in [0.3, 0.4) is 0 Å². The van der Waals surface area contributed by atoms with E-state index < -0.39 is 0 Å². The van der Waals surface area contributed by atoms with Crippen molar-refractivity contribution in [1.29, 1.82) is 0 Å². The van der Waals surface area contributed by atoms with E-state index >= 15 is 0 Å². The standard InChI is InChI=1S/C21H23N5O2S/c1-2-3-20(27)26-12-10-25(11-13-26)17-7-5-16(6-8-17)22-21(28)15-4-9-18-19(14-15)24-29-23-18/h4-9,14H,2-3,10-13H2,1H3,(H,22,28). The van der Waals surface area contributed by atoms with Crippen LogP contribution >= 0.6 is 11.7 Å². The number of amides is 2. The number of aromatic nitrogens is 2. The molecular weight excluding hydrogens is 386 g/mol. The fourth-order valence-electron chi connectivity index (χ4n) is 3.47. The number of rotatable bonds is 5. The number of anilines is 2. The van der Waals surface area contributed by atoms with Crippen LogP contribution in [0.15, 0.2) is 42.5 Å². The summed E-state index contributed by atoms with van der Waals surface area (Å²) in [5.74, 6) is 0.0764. The van der Waals surface area contributed by atoms with Crippen LogP contribution in [0.2, 0.25) is 0 Å². The zero-order valence-electron chi connectivity index (χ0n) is 16.3. The predicted molar refractivity (Wildman–Crippen MR) is 116 cm³/mol. The molecular formula is C21H23N5O2S. The molecule has 1 aliphatic rings. The zero-order valence-corrected chi connectivity index (χ0v) is 17.1. The third-order valence-corrected chi connectivity index (χ3v) is 5.66. The van der Waals surface area contributed by atoms with Gasteiger partial charge in [0.25, 0.3) is 5.91 Å². The summed E-state index contributed by atoms with van der Waals surface area (Å²) in [5, 5.41) is 2.93. The van der Waals surface area contributed by atoms with Gasteiger partial charge in [-0.1, -0.05) is 6.92 Å². The van der Waals surface area contributed by atoms with Crippen molar-refractivity contribution in [2.75, 3.05) is 36.4 Å². The SMILES string of the molecule is CCCC(=O)N1CCN(c2ccc(NC(=O)c3ccc4nsnc4c3)cc2)CC1. The Kier molecular flexibility index (Phi) is 5.71. The van der Waals surface area contributed by atoms with Gasteiger partial charge in [0.15, 0.2) is 0 Å². The first-order valence-electron chi connectivity index (χ1n) is 9.80. The summed E-state index contributed by atoms with van der Waals surface area (Å²) < 4.78 is 8.33. The van der Waals surface area contributed by atoms with Crippen LogP contribution in [0, 0.1) is 0 Å².